The van der Waals surface area contributed by atoms with E-state index in [-0.39, 0.29) is 5.60 Å². The van der Waals surface area contributed by atoms with Gasteiger partial charge in [-0.25, -0.2) is 0 Å². The van der Waals surface area contributed by atoms with Gasteiger partial charge in [-0.05, 0) is 25.7 Å². The van der Waals surface area contributed by atoms with Crippen molar-refractivity contribution in [3.8, 4) is 0 Å². The standard InChI is InChI=1S/C11H21NO/c1-4-10(2)8-12-9-11(13-3)6-5-7-11/h12H,2,4-9H2,1,3H3. The Bertz CT molecular complexity index is 167. The van der Waals surface area contributed by atoms with Crippen molar-refractivity contribution in [1.29, 1.82) is 0 Å². The topological polar surface area (TPSA) is 21.3 Å². The molecule has 76 valence electrons. The van der Waals surface area contributed by atoms with E-state index in [1.54, 1.807) is 0 Å². The Morgan fingerprint density at radius 3 is 2.62 bits per heavy atom. The van der Waals surface area contributed by atoms with Gasteiger partial charge >= 0.3 is 0 Å². The van der Waals surface area contributed by atoms with Crippen molar-refractivity contribution < 1.29 is 4.74 Å². The summed E-state index contributed by atoms with van der Waals surface area (Å²) in [5.41, 5.74) is 1.42. The molecule has 0 radical (unpaired) electrons. The maximum atomic E-state index is 5.50. The lowest BCUT2D eigenvalue weighted by Crippen LogP contribution is -2.48. The predicted molar refractivity (Wildman–Crippen MR) is 55.9 cm³/mol. The third kappa shape index (κ3) is 2.82. The second-order valence-electron chi connectivity index (χ2n) is 3.95. The van der Waals surface area contributed by atoms with Gasteiger partial charge in [0.15, 0.2) is 0 Å². The fraction of sp³-hybridized carbons (Fsp3) is 0.818. The van der Waals surface area contributed by atoms with Crippen LogP contribution in [0, 0.1) is 0 Å². The van der Waals surface area contributed by atoms with Crippen molar-refractivity contribution in [3.05, 3.63) is 12.2 Å². The van der Waals surface area contributed by atoms with Crippen LogP contribution in [0.4, 0.5) is 0 Å². The molecule has 1 fully saturated rings. The summed E-state index contributed by atoms with van der Waals surface area (Å²) in [6, 6.07) is 0. The zero-order valence-electron chi connectivity index (χ0n) is 8.86. The predicted octanol–water partition coefficient (Wildman–Crippen LogP) is 2.11. The summed E-state index contributed by atoms with van der Waals surface area (Å²) < 4.78 is 5.50. The fourth-order valence-corrected chi connectivity index (χ4v) is 1.62. The molecule has 2 nitrogen and oxygen atoms in total. The lowest BCUT2D eigenvalue weighted by molar-refractivity contribution is -0.0688. The van der Waals surface area contributed by atoms with E-state index in [4.69, 9.17) is 4.74 Å². The van der Waals surface area contributed by atoms with E-state index in [1.165, 1.54) is 24.8 Å². The quantitative estimate of drug-likeness (QED) is 0.637. The van der Waals surface area contributed by atoms with Crippen LogP contribution < -0.4 is 5.32 Å². The number of ether oxygens (including phenoxy) is 1. The zero-order valence-corrected chi connectivity index (χ0v) is 8.86. The molecule has 1 aliphatic rings. The third-order valence-electron chi connectivity index (χ3n) is 3.02. The number of rotatable bonds is 6. The molecule has 0 aliphatic heterocycles. The van der Waals surface area contributed by atoms with Crippen LogP contribution in [0.15, 0.2) is 12.2 Å². The highest BCUT2D eigenvalue weighted by Gasteiger charge is 2.36. The van der Waals surface area contributed by atoms with Crippen LogP contribution in [0.2, 0.25) is 0 Å². The maximum absolute atomic E-state index is 5.50. The van der Waals surface area contributed by atoms with Crippen molar-refractivity contribution in [3.63, 3.8) is 0 Å². The van der Waals surface area contributed by atoms with Gasteiger partial charge in [-0.1, -0.05) is 19.1 Å². The Kier molecular flexibility index (Phi) is 3.94. The normalized spacial score (nSPS) is 19.5. The lowest BCUT2D eigenvalue weighted by atomic mass is 9.80. The summed E-state index contributed by atoms with van der Waals surface area (Å²) in [5, 5.41) is 3.41. The van der Waals surface area contributed by atoms with Crippen LogP contribution in [0.5, 0.6) is 0 Å². The van der Waals surface area contributed by atoms with Crippen molar-refractivity contribution in [1.82, 2.24) is 5.32 Å². The van der Waals surface area contributed by atoms with Gasteiger partial charge in [0.1, 0.15) is 0 Å². The summed E-state index contributed by atoms with van der Waals surface area (Å²) in [7, 11) is 1.81. The van der Waals surface area contributed by atoms with Gasteiger partial charge < -0.3 is 10.1 Å². The minimum Gasteiger partial charge on any atom is -0.377 e. The van der Waals surface area contributed by atoms with Crippen LogP contribution in [-0.2, 0) is 4.74 Å². The molecule has 0 unspecified atom stereocenters. The molecule has 0 aromatic heterocycles. The first-order valence-corrected chi connectivity index (χ1v) is 5.15. The highest BCUT2D eigenvalue weighted by molar-refractivity contribution is 4.97. The second kappa shape index (κ2) is 4.77. The minimum absolute atomic E-state index is 0.147. The van der Waals surface area contributed by atoms with Gasteiger partial charge in [0.2, 0.25) is 0 Å². The highest BCUT2D eigenvalue weighted by Crippen LogP contribution is 2.34. The maximum Gasteiger partial charge on any atom is 0.0802 e. The molecule has 0 spiro atoms. The molecular weight excluding hydrogens is 162 g/mol. The first-order valence-electron chi connectivity index (χ1n) is 5.15. The van der Waals surface area contributed by atoms with Gasteiger partial charge in [-0.15, -0.1) is 0 Å². The van der Waals surface area contributed by atoms with Crippen LogP contribution in [-0.4, -0.2) is 25.8 Å². The molecule has 0 saturated heterocycles. The van der Waals surface area contributed by atoms with E-state index in [0.29, 0.717) is 0 Å². The van der Waals surface area contributed by atoms with E-state index in [0.717, 1.165) is 19.5 Å². The van der Waals surface area contributed by atoms with Gasteiger partial charge in [0.05, 0.1) is 5.60 Å². The Labute approximate surface area is 81.4 Å². The van der Waals surface area contributed by atoms with Crippen molar-refractivity contribution in [2.24, 2.45) is 0 Å². The van der Waals surface area contributed by atoms with Crippen molar-refractivity contribution in [2.75, 3.05) is 20.2 Å². The van der Waals surface area contributed by atoms with Crippen LogP contribution >= 0.6 is 0 Å². The first-order chi connectivity index (χ1) is 6.22. The van der Waals surface area contributed by atoms with Gasteiger partial charge in [-0.2, -0.15) is 0 Å². The molecule has 0 aromatic rings. The lowest BCUT2D eigenvalue weighted by Gasteiger charge is -2.40. The number of hydrogen-bond acceptors (Lipinski definition) is 2. The summed E-state index contributed by atoms with van der Waals surface area (Å²) in [5.74, 6) is 0. The summed E-state index contributed by atoms with van der Waals surface area (Å²) >= 11 is 0. The fourth-order valence-electron chi connectivity index (χ4n) is 1.62. The number of nitrogens with one attached hydrogen (secondary N) is 1. The van der Waals surface area contributed by atoms with Crippen LogP contribution in [0.25, 0.3) is 0 Å². The summed E-state index contributed by atoms with van der Waals surface area (Å²) in [6.07, 6.45) is 4.78. The molecule has 13 heavy (non-hydrogen) atoms. The Balaban J connectivity index is 2.14. The molecular formula is C11H21NO. The molecule has 1 aliphatic carbocycles. The molecule has 0 atom stereocenters. The molecule has 2 heteroatoms. The first kappa shape index (κ1) is 10.7. The Hall–Kier alpha value is -0.340. The van der Waals surface area contributed by atoms with Gasteiger partial charge in [0, 0.05) is 20.2 Å². The van der Waals surface area contributed by atoms with Gasteiger partial charge in [0.25, 0.3) is 0 Å². The minimum atomic E-state index is 0.147. The molecule has 1 N–H and O–H groups in total. The van der Waals surface area contributed by atoms with E-state index in [9.17, 15) is 0 Å². The SMILES string of the molecule is C=C(CC)CNCC1(OC)CCC1. The summed E-state index contributed by atoms with van der Waals surface area (Å²) in [6.45, 7) is 8.00. The number of methoxy groups -OCH3 is 1. The smallest absolute Gasteiger partial charge is 0.0802 e. The van der Waals surface area contributed by atoms with E-state index in [2.05, 4.69) is 18.8 Å². The molecule has 0 bridgehead atoms. The van der Waals surface area contributed by atoms with E-state index in [1.807, 2.05) is 7.11 Å². The molecule has 1 rings (SSSR count). The van der Waals surface area contributed by atoms with E-state index < -0.39 is 0 Å². The van der Waals surface area contributed by atoms with Gasteiger partial charge in [-0.3, -0.25) is 0 Å². The van der Waals surface area contributed by atoms with E-state index >= 15 is 0 Å². The molecule has 0 aromatic carbocycles. The van der Waals surface area contributed by atoms with Crippen LogP contribution in [0.1, 0.15) is 32.6 Å². The largest absolute Gasteiger partial charge is 0.377 e. The molecule has 0 heterocycles. The van der Waals surface area contributed by atoms with Crippen molar-refractivity contribution in [2.45, 2.75) is 38.2 Å². The summed E-state index contributed by atoms with van der Waals surface area (Å²) in [4.78, 5) is 0. The zero-order chi connectivity index (χ0) is 9.73. The Morgan fingerprint density at radius 1 is 1.54 bits per heavy atom. The highest BCUT2D eigenvalue weighted by atomic mass is 16.5. The average Bonchev–Trinajstić information content (AvgIpc) is 2.09. The second-order valence-corrected chi connectivity index (χ2v) is 3.95. The van der Waals surface area contributed by atoms with Crippen molar-refractivity contribution >= 4 is 0 Å². The number of hydrogen-bond donors (Lipinski definition) is 1. The average molecular weight is 183 g/mol. The monoisotopic (exact) mass is 183 g/mol. The Morgan fingerprint density at radius 2 is 2.23 bits per heavy atom. The molecule has 0 amide bonds. The molecule has 1 saturated carbocycles. The third-order valence-corrected chi connectivity index (χ3v) is 3.02. The van der Waals surface area contributed by atoms with Crippen LogP contribution in [0.3, 0.4) is 0 Å².